The van der Waals surface area contributed by atoms with Gasteiger partial charge in [0.25, 0.3) is 0 Å². The van der Waals surface area contributed by atoms with E-state index in [1.807, 2.05) is 6.07 Å². The zero-order chi connectivity index (χ0) is 17.5. The molecule has 2 amide bonds. The van der Waals surface area contributed by atoms with Crippen LogP contribution >= 0.6 is 0 Å². The normalized spacial score (nSPS) is 18.7. The van der Waals surface area contributed by atoms with Gasteiger partial charge in [-0.2, -0.15) is 0 Å². The highest BCUT2D eigenvalue weighted by molar-refractivity contribution is 5.77. The van der Waals surface area contributed by atoms with Gasteiger partial charge in [-0.15, -0.1) is 0 Å². The van der Waals surface area contributed by atoms with E-state index in [9.17, 15) is 9.59 Å². The van der Waals surface area contributed by atoms with Crippen LogP contribution in [0, 0.1) is 0 Å². The molecule has 1 aromatic rings. The molecular weight excluding hydrogens is 280 g/mol. The molecule has 5 nitrogen and oxygen atoms in total. The fourth-order valence-electron chi connectivity index (χ4n) is 2.17. The first-order valence-electron chi connectivity index (χ1n) is 8.41. The molecule has 0 bridgehead atoms. The summed E-state index contributed by atoms with van der Waals surface area (Å²) >= 11 is 0. The number of benzene rings is 1. The summed E-state index contributed by atoms with van der Waals surface area (Å²) < 4.78 is 21.2. The molecule has 118 valence electrons. The van der Waals surface area contributed by atoms with Crippen molar-refractivity contribution in [2.24, 2.45) is 0 Å². The molecule has 0 aromatic heterocycles. The van der Waals surface area contributed by atoms with Gasteiger partial charge in [-0.05, 0) is 12.0 Å². The van der Waals surface area contributed by atoms with Crippen molar-refractivity contribution in [1.29, 1.82) is 0 Å². The molecule has 0 saturated carbocycles. The molecule has 1 heterocycles. The smallest absolute Gasteiger partial charge is 0.410 e. The second kappa shape index (κ2) is 8.22. The van der Waals surface area contributed by atoms with Crippen molar-refractivity contribution in [2.75, 3.05) is 32.8 Å². The van der Waals surface area contributed by atoms with Crippen LogP contribution < -0.4 is 0 Å². The first kappa shape index (κ1) is 13.4. The molecule has 1 aliphatic heterocycles. The third-order valence-corrected chi connectivity index (χ3v) is 3.39. The Morgan fingerprint density at radius 1 is 1.18 bits per heavy atom. The fraction of sp³-hybridized carbons (Fsp3) is 0.412. The monoisotopic (exact) mass is 304 g/mol. The molecule has 0 aliphatic carbocycles. The Hall–Kier alpha value is -2.30. The van der Waals surface area contributed by atoms with Crippen LogP contribution in [0.25, 0.3) is 0 Å². The highest BCUT2D eigenvalue weighted by Gasteiger charge is 2.24. The lowest BCUT2D eigenvalue weighted by atomic mass is 10.1. The third-order valence-electron chi connectivity index (χ3n) is 3.39. The van der Waals surface area contributed by atoms with E-state index in [1.54, 1.807) is 29.2 Å². The highest BCUT2D eigenvalue weighted by Crippen LogP contribution is 2.08. The van der Waals surface area contributed by atoms with Crippen molar-refractivity contribution in [2.45, 2.75) is 12.8 Å². The Morgan fingerprint density at radius 3 is 2.45 bits per heavy atom. The molecule has 2 rings (SSSR count). The second-order valence-corrected chi connectivity index (χ2v) is 4.92. The van der Waals surface area contributed by atoms with Crippen LogP contribution in [-0.2, 0) is 15.9 Å². The van der Waals surface area contributed by atoms with E-state index in [0.717, 1.165) is 0 Å². The summed E-state index contributed by atoms with van der Waals surface area (Å²) in [6, 6.07) is 8.92. The maximum absolute atomic E-state index is 12.4. The van der Waals surface area contributed by atoms with Gasteiger partial charge in [-0.25, -0.2) is 4.79 Å². The van der Waals surface area contributed by atoms with E-state index in [-0.39, 0.29) is 12.5 Å². The summed E-state index contributed by atoms with van der Waals surface area (Å²) in [5.41, 5.74) is 0.650. The number of amides is 2. The average Bonchev–Trinajstić information content (AvgIpc) is 2.65. The van der Waals surface area contributed by atoms with Gasteiger partial charge in [0.15, 0.2) is 0 Å². The van der Waals surface area contributed by atoms with Crippen molar-refractivity contribution in [3.05, 3.63) is 48.6 Å². The molecular formula is C17H22N2O3. The van der Waals surface area contributed by atoms with Crippen molar-refractivity contribution in [3.8, 4) is 0 Å². The SMILES string of the molecule is [2H]C(C(=O)N1CCN(C(=O)OCC=C)CC1)C([2H])c1ccccc1. The maximum atomic E-state index is 12.4. The number of hydrogen-bond acceptors (Lipinski definition) is 3. The average molecular weight is 304 g/mol. The summed E-state index contributed by atoms with van der Waals surface area (Å²) in [7, 11) is 0. The lowest BCUT2D eigenvalue weighted by Crippen LogP contribution is -2.50. The largest absolute Gasteiger partial charge is 0.445 e. The molecule has 1 aromatic carbocycles. The predicted octanol–water partition coefficient (Wildman–Crippen LogP) is 2.09. The minimum Gasteiger partial charge on any atom is -0.445 e. The van der Waals surface area contributed by atoms with Gasteiger partial charge in [-0.1, -0.05) is 43.0 Å². The molecule has 1 aliphatic rings. The van der Waals surface area contributed by atoms with Crippen LogP contribution in [0.3, 0.4) is 0 Å². The summed E-state index contributed by atoms with van der Waals surface area (Å²) in [6.07, 6.45) is -1.02. The Balaban J connectivity index is 1.88. The number of carbonyl (C=O) groups is 2. The van der Waals surface area contributed by atoms with Crippen molar-refractivity contribution in [1.82, 2.24) is 9.80 Å². The van der Waals surface area contributed by atoms with Crippen molar-refractivity contribution >= 4 is 12.0 Å². The van der Waals surface area contributed by atoms with Crippen LogP contribution in [0.15, 0.2) is 43.0 Å². The molecule has 0 N–H and O–H groups in total. The van der Waals surface area contributed by atoms with Gasteiger partial charge in [-0.3, -0.25) is 4.79 Å². The zero-order valence-corrected chi connectivity index (χ0v) is 12.5. The van der Waals surface area contributed by atoms with E-state index in [0.29, 0.717) is 31.7 Å². The molecule has 1 fully saturated rings. The van der Waals surface area contributed by atoms with E-state index >= 15 is 0 Å². The molecule has 1 saturated heterocycles. The minimum atomic E-state index is -1.17. The zero-order valence-electron chi connectivity index (χ0n) is 14.5. The van der Waals surface area contributed by atoms with Crippen LogP contribution in [-0.4, -0.2) is 54.6 Å². The van der Waals surface area contributed by atoms with Gasteiger partial charge in [0, 0.05) is 35.3 Å². The lowest BCUT2D eigenvalue weighted by molar-refractivity contribution is -0.132. The van der Waals surface area contributed by atoms with Crippen molar-refractivity contribution < 1.29 is 17.1 Å². The first-order valence-corrected chi connectivity index (χ1v) is 7.25. The number of nitrogens with zero attached hydrogens (tertiary/aromatic N) is 2. The van der Waals surface area contributed by atoms with Gasteiger partial charge in [0.2, 0.25) is 5.91 Å². The quantitative estimate of drug-likeness (QED) is 0.783. The van der Waals surface area contributed by atoms with E-state index < -0.39 is 18.9 Å². The number of aryl methyl sites for hydroxylation is 1. The number of carbonyl (C=O) groups excluding carboxylic acids is 2. The summed E-state index contributed by atoms with van der Waals surface area (Å²) in [5.74, 6) is -0.377. The number of ether oxygens (including phenoxy) is 1. The predicted molar refractivity (Wildman–Crippen MR) is 84.5 cm³/mol. The molecule has 0 spiro atoms. The Kier molecular flexibility index (Phi) is 4.99. The van der Waals surface area contributed by atoms with Crippen LogP contribution in [0.4, 0.5) is 4.79 Å². The van der Waals surface area contributed by atoms with Crippen molar-refractivity contribution in [3.63, 3.8) is 0 Å². The molecule has 0 radical (unpaired) electrons. The molecule has 22 heavy (non-hydrogen) atoms. The Labute approximate surface area is 134 Å². The molecule has 5 heteroatoms. The van der Waals surface area contributed by atoms with Crippen LogP contribution in [0.1, 0.15) is 14.7 Å². The van der Waals surface area contributed by atoms with Gasteiger partial charge < -0.3 is 14.5 Å². The van der Waals surface area contributed by atoms with Gasteiger partial charge in [0.1, 0.15) is 6.61 Å². The van der Waals surface area contributed by atoms with E-state index in [2.05, 4.69) is 6.58 Å². The Morgan fingerprint density at radius 2 is 1.82 bits per heavy atom. The molecule has 2 atom stereocenters. The van der Waals surface area contributed by atoms with Gasteiger partial charge >= 0.3 is 6.09 Å². The first-order chi connectivity index (χ1) is 11.5. The topological polar surface area (TPSA) is 49.9 Å². The highest BCUT2D eigenvalue weighted by atomic mass is 16.6. The van der Waals surface area contributed by atoms with Crippen LogP contribution in [0.5, 0.6) is 0 Å². The number of hydrogen-bond donors (Lipinski definition) is 0. The summed E-state index contributed by atoms with van der Waals surface area (Å²) in [5, 5.41) is 0. The standard InChI is InChI=1S/C17H22N2O3/c1-2-14-22-17(21)19-12-10-18(11-13-19)16(20)9-8-15-6-4-3-5-7-15/h2-7H,1,8-14H2/i8D,9D. The number of piperazine rings is 1. The summed E-state index contributed by atoms with van der Waals surface area (Å²) in [4.78, 5) is 27.2. The van der Waals surface area contributed by atoms with E-state index in [4.69, 9.17) is 7.48 Å². The summed E-state index contributed by atoms with van der Waals surface area (Å²) in [6.45, 7) is 5.06. The second-order valence-electron chi connectivity index (χ2n) is 4.92. The van der Waals surface area contributed by atoms with Crippen LogP contribution in [0.2, 0.25) is 0 Å². The fourth-order valence-corrected chi connectivity index (χ4v) is 2.17. The minimum absolute atomic E-state index is 0.157. The lowest BCUT2D eigenvalue weighted by Gasteiger charge is -2.34. The molecule has 2 unspecified atom stereocenters. The Bertz CT molecular complexity index is 574. The van der Waals surface area contributed by atoms with E-state index in [1.165, 1.54) is 11.0 Å². The third kappa shape index (κ3) is 4.62. The number of rotatable bonds is 5. The van der Waals surface area contributed by atoms with Gasteiger partial charge in [0.05, 0.1) is 0 Å². The maximum Gasteiger partial charge on any atom is 0.410 e.